The van der Waals surface area contributed by atoms with Gasteiger partial charge in [0, 0.05) is 0 Å². The Kier molecular flexibility index (Phi) is 4.44. The van der Waals surface area contributed by atoms with Crippen LogP contribution in [0.5, 0.6) is 0 Å². The second-order valence-corrected chi connectivity index (χ2v) is 6.02. The molecule has 9 heteroatoms. The van der Waals surface area contributed by atoms with Crippen LogP contribution in [-0.4, -0.2) is 30.1 Å². The maximum absolute atomic E-state index is 12.6. The van der Waals surface area contributed by atoms with Crippen molar-refractivity contribution in [3.63, 3.8) is 0 Å². The number of hydrogen-bond acceptors (Lipinski definition) is 6. The van der Waals surface area contributed by atoms with Gasteiger partial charge >= 0.3 is 12.6 Å². The summed E-state index contributed by atoms with van der Waals surface area (Å²) < 4.78 is 28.8. The summed E-state index contributed by atoms with van der Waals surface area (Å²) >= 11 is 0.811. The van der Waals surface area contributed by atoms with Crippen molar-refractivity contribution < 1.29 is 28.2 Å². The number of nitrogens with two attached hydrogens (primary N) is 1. The third-order valence-electron chi connectivity index (χ3n) is 3.69. The Balaban J connectivity index is 2.43. The van der Waals surface area contributed by atoms with Crippen molar-refractivity contribution in [3.8, 4) is 6.07 Å². The SMILES string of the molecule is N#CCC1(COC(F)F)CCc2c(sc(N)c2C(=O)O)C1=O. The second-order valence-electron chi connectivity index (χ2n) is 4.97. The molecule has 0 saturated heterocycles. The van der Waals surface area contributed by atoms with Crippen LogP contribution in [0.4, 0.5) is 13.8 Å². The number of hydrogen-bond donors (Lipinski definition) is 2. The van der Waals surface area contributed by atoms with E-state index in [9.17, 15) is 18.4 Å². The number of carbonyl (C=O) groups is 2. The van der Waals surface area contributed by atoms with Crippen LogP contribution >= 0.6 is 11.3 Å². The molecule has 1 aromatic heterocycles. The fourth-order valence-corrected chi connectivity index (χ4v) is 3.76. The monoisotopic (exact) mass is 330 g/mol. The Labute approximate surface area is 128 Å². The summed E-state index contributed by atoms with van der Waals surface area (Å²) in [7, 11) is 0. The van der Waals surface area contributed by atoms with Crippen LogP contribution in [0, 0.1) is 16.7 Å². The van der Waals surface area contributed by atoms with E-state index in [1.165, 1.54) is 0 Å². The maximum atomic E-state index is 12.6. The average molecular weight is 330 g/mol. The molecule has 3 N–H and O–H groups in total. The Morgan fingerprint density at radius 3 is 2.82 bits per heavy atom. The number of ether oxygens (including phenoxy) is 1. The van der Waals surface area contributed by atoms with E-state index in [1.54, 1.807) is 0 Å². The molecule has 6 nitrogen and oxygen atoms in total. The molecule has 1 aromatic rings. The van der Waals surface area contributed by atoms with Crippen LogP contribution in [0.1, 0.15) is 38.4 Å². The molecule has 0 aromatic carbocycles. The highest BCUT2D eigenvalue weighted by Gasteiger charge is 2.46. The highest BCUT2D eigenvalue weighted by molar-refractivity contribution is 7.18. The molecule has 118 valence electrons. The van der Waals surface area contributed by atoms with Gasteiger partial charge in [0.1, 0.15) is 5.00 Å². The third kappa shape index (κ3) is 2.67. The summed E-state index contributed by atoms with van der Waals surface area (Å²) in [5.41, 5.74) is 4.45. The van der Waals surface area contributed by atoms with Gasteiger partial charge in [-0.1, -0.05) is 0 Å². The molecular formula is C13H12F2N2O4S. The van der Waals surface area contributed by atoms with Gasteiger partial charge in [0.15, 0.2) is 5.78 Å². The number of nitrogens with zero attached hydrogens (tertiary/aromatic N) is 1. The summed E-state index contributed by atoms with van der Waals surface area (Å²) in [5, 5.41) is 18.0. The van der Waals surface area contributed by atoms with Gasteiger partial charge in [0.2, 0.25) is 0 Å². The summed E-state index contributed by atoms with van der Waals surface area (Å²) in [6.45, 7) is -3.63. The summed E-state index contributed by atoms with van der Waals surface area (Å²) in [5.74, 6) is -1.79. The smallest absolute Gasteiger partial charge is 0.345 e. The van der Waals surface area contributed by atoms with Crippen LogP contribution in [0.2, 0.25) is 0 Å². The van der Waals surface area contributed by atoms with Crippen LogP contribution in [0.25, 0.3) is 0 Å². The molecule has 0 amide bonds. The van der Waals surface area contributed by atoms with E-state index in [0.717, 1.165) is 11.3 Å². The molecule has 1 heterocycles. The van der Waals surface area contributed by atoms with E-state index in [4.69, 9.17) is 16.1 Å². The number of ketones is 1. The van der Waals surface area contributed by atoms with Gasteiger partial charge in [-0.05, 0) is 18.4 Å². The van der Waals surface area contributed by atoms with Gasteiger partial charge in [0.25, 0.3) is 0 Å². The molecule has 0 spiro atoms. The van der Waals surface area contributed by atoms with E-state index in [1.807, 2.05) is 6.07 Å². The molecule has 1 aliphatic carbocycles. The Morgan fingerprint density at radius 1 is 1.59 bits per heavy atom. The molecule has 22 heavy (non-hydrogen) atoms. The van der Waals surface area contributed by atoms with Crippen molar-refractivity contribution >= 4 is 28.1 Å². The Bertz CT molecular complexity index is 668. The molecular weight excluding hydrogens is 318 g/mol. The lowest BCUT2D eigenvalue weighted by Crippen LogP contribution is -2.40. The molecule has 0 saturated carbocycles. The maximum Gasteiger partial charge on any atom is 0.345 e. The van der Waals surface area contributed by atoms with Crippen molar-refractivity contribution in [2.24, 2.45) is 5.41 Å². The van der Waals surface area contributed by atoms with Crippen molar-refractivity contribution in [1.29, 1.82) is 5.26 Å². The van der Waals surface area contributed by atoms with E-state index < -0.39 is 30.4 Å². The number of aromatic carboxylic acids is 1. The zero-order valence-electron chi connectivity index (χ0n) is 11.3. The zero-order valence-corrected chi connectivity index (χ0v) is 12.1. The van der Waals surface area contributed by atoms with Gasteiger partial charge in [-0.25, -0.2) is 4.79 Å². The van der Waals surface area contributed by atoms with Gasteiger partial charge in [-0.15, -0.1) is 11.3 Å². The van der Waals surface area contributed by atoms with Gasteiger partial charge in [-0.2, -0.15) is 14.0 Å². The third-order valence-corrected chi connectivity index (χ3v) is 4.75. The number of Topliss-reactive ketones (excluding diaryl/α,β-unsaturated/α-hetero) is 1. The van der Waals surface area contributed by atoms with Crippen molar-refractivity contribution in [1.82, 2.24) is 0 Å². The van der Waals surface area contributed by atoms with E-state index in [2.05, 4.69) is 4.74 Å². The average Bonchev–Trinajstić information content (AvgIpc) is 2.78. The zero-order chi connectivity index (χ0) is 16.5. The van der Waals surface area contributed by atoms with Crippen LogP contribution < -0.4 is 5.73 Å². The van der Waals surface area contributed by atoms with Crippen LogP contribution in [0.15, 0.2) is 0 Å². The van der Waals surface area contributed by atoms with Gasteiger partial charge < -0.3 is 15.6 Å². The number of carboxylic acid groups (broad SMARTS) is 1. The fourth-order valence-electron chi connectivity index (χ4n) is 2.59. The van der Waals surface area contributed by atoms with Gasteiger partial charge in [-0.3, -0.25) is 4.79 Å². The second kappa shape index (κ2) is 5.98. The number of halogens is 2. The largest absolute Gasteiger partial charge is 0.478 e. The number of nitrogen functional groups attached to an aromatic ring is 1. The predicted molar refractivity (Wildman–Crippen MR) is 73.0 cm³/mol. The number of thiophene rings is 1. The predicted octanol–water partition coefficient (Wildman–Crippen LogP) is 2.30. The molecule has 0 bridgehead atoms. The number of rotatable bonds is 5. The lowest BCUT2D eigenvalue weighted by molar-refractivity contribution is -0.146. The minimum Gasteiger partial charge on any atom is -0.478 e. The minimum absolute atomic E-state index is 0.00612. The van der Waals surface area contributed by atoms with Crippen LogP contribution in [0.3, 0.4) is 0 Å². The van der Waals surface area contributed by atoms with Crippen molar-refractivity contribution in [2.45, 2.75) is 25.9 Å². The van der Waals surface area contributed by atoms with Crippen molar-refractivity contribution in [3.05, 3.63) is 16.0 Å². The molecule has 2 rings (SSSR count). The number of anilines is 1. The number of nitriles is 1. The first kappa shape index (κ1) is 16.3. The number of alkyl halides is 2. The van der Waals surface area contributed by atoms with Crippen LogP contribution in [-0.2, 0) is 11.2 Å². The van der Waals surface area contributed by atoms with E-state index >= 15 is 0 Å². The Morgan fingerprint density at radius 2 is 2.27 bits per heavy atom. The summed E-state index contributed by atoms with van der Waals surface area (Å²) in [6, 6.07) is 1.82. The highest BCUT2D eigenvalue weighted by Crippen LogP contribution is 2.45. The lowest BCUT2D eigenvalue weighted by atomic mass is 9.71. The number of fused-ring (bicyclic) bond motifs is 1. The molecule has 1 aliphatic rings. The molecule has 0 radical (unpaired) electrons. The lowest BCUT2D eigenvalue weighted by Gasteiger charge is -2.33. The molecule has 0 fully saturated rings. The first-order valence-corrected chi connectivity index (χ1v) is 7.10. The summed E-state index contributed by atoms with van der Waals surface area (Å²) in [4.78, 5) is 23.9. The Hall–Kier alpha value is -2.05. The normalized spacial score (nSPS) is 20.7. The first-order chi connectivity index (χ1) is 10.3. The highest BCUT2D eigenvalue weighted by atomic mass is 32.1. The summed E-state index contributed by atoms with van der Waals surface area (Å²) in [6.07, 6.45) is -0.0432. The van der Waals surface area contributed by atoms with E-state index in [-0.39, 0.29) is 34.7 Å². The number of carboxylic acids is 1. The standard InChI is InChI=1S/C13H12F2N2O4S/c14-12(15)21-5-13(3-4-16)2-1-6-7(11(19)20)10(17)22-8(6)9(13)18/h12H,1-3,5,17H2,(H,19,20). The quantitative estimate of drug-likeness (QED) is 0.856. The van der Waals surface area contributed by atoms with Crippen molar-refractivity contribution in [2.75, 3.05) is 12.3 Å². The minimum atomic E-state index is -3.05. The van der Waals surface area contributed by atoms with E-state index in [0.29, 0.717) is 5.56 Å². The molecule has 1 atom stereocenters. The molecule has 0 aliphatic heterocycles. The van der Waals surface area contributed by atoms with Gasteiger partial charge in [0.05, 0.1) is 35.0 Å². The molecule has 1 unspecified atom stereocenters. The topological polar surface area (TPSA) is 113 Å². The first-order valence-electron chi connectivity index (χ1n) is 6.28. The number of carbonyl (C=O) groups excluding carboxylic acids is 1. The fraction of sp³-hybridized carbons (Fsp3) is 0.462.